The van der Waals surface area contributed by atoms with Gasteiger partial charge in [-0.2, -0.15) is 11.8 Å². The molecule has 0 bridgehead atoms. The molecular weight excluding hydrogens is 308 g/mol. The first-order chi connectivity index (χ1) is 7.79. The van der Waals surface area contributed by atoms with Crippen molar-refractivity contribution in [3.05, 3.63) is 28.8 Å². The Morgan fingerprint density at radius 3 is 2.94 bits per heavy atom. The van der Waals surface area contributed by atoms with Crippen LogP contribution in [0, 0.1) is 0 Å². The number of benzene rings is 1. The molecule has 0 saturated heterocycles. The molecule has 0 N–H and O–H groups in total. The van der Waals surface area contributed by atoms with Crippen LogP contribution in [-0.4, -0.2) is 18.1 Å². The van der Waals surface area contributed by atoms with Crippen LogP contribution in [0.5, 0.6) is 5.75 Å². The zero-order chi connectivity index (χ0) is 11.8. The highest BCUT2D eigenvalue weighted by atomic mass is 79.9. The summed E-state index contributed by atoms with van der Waals surface area (Å²) >= 11 is 11.5. The molecule has 0 aliphatic rings. The predicted octanol–water partition coefficient (Wildman–Crippen LogP) is 4.76. The minimum absolute atomic E-state index is 0.695. The summed E-state index contributed by atoms with van der Waals surface area (Å²) in [5.41, 5.74) is 1.11. The van der Waals surface area contributed by atoms with E-state index >= 15 is 0 Å². The second kappa shape index (κ2) is 8.26. The van der Waals surface area contributed by atoms with Gasteiger partial charge in [0.2, 0.25) is 0 Å². The molecule has 0 radical (unpaired) electrons. The summed E-state index contributed by atoms with van der Waals surface area (Å²) in [6.07, 6.45) is 1.06. The Morgan fingerprint density at radius 2 is 2.25 bits per heavy atom. The van der Waals surface area contributed by atoms with Crippen LogP contribution in [-0.2, 0) is 5.33 Å². The fourth-order valence-corrected chi connectivity index (χ4v) is 2.60. The van der Waals surface area contributed by atoms with Crippen LogP contribution in [0.2, 0.25) is 5.02 Å². The van der Waals surface area contributed by atoms with E-state index in [1.165, 1.54) is 5.75 Å². The first kappa shape index (κ1) is 14.2. The molecule has 1 aromatic rings. The van der Waals surface area contributed by atoms with E-state index in [4.69, 9.17) is 16.3 Å². The van der Waals surface area contributed by atoms with E-state index in [0.29, 0.717) is 5.02 Å². The van der Waals surface area contributed by atoms with E-state index in [0.717, 1.165) is 35.4 Å². The van der Waals surface area contributed by atoms with Crippen LogP contribution in [0.4, 0.5) is 0 Å². The monoisotopic (exact) mass is 322 g/mol. The molecule has 0 aliphatic heterocycles. The van der Waals surface area contributed by atoms with Gasteiger partial charge in [0.05, 0.1) is 11.6 Å². The van der Waals surface area contributed by atoms with E-state index in [1.807, 2.05) is 30.0 Å². The lowest BCUT2D eigenvalue weighted by Crippen LogP contribution is -2.01. The van der Waals surface area contributed by atoms with E-state index in [1.54, 1.807) is 0 Å². The third kappa shape index (κ3) is 4.56. The molecule has 0 aliphatic carbocycles. The van der Waals surface area contributed by atoms with Crippen molar-refractivity contribution in [2.75, 3.05) is 18.1 Å². The normalized spacial score (nSPS) is 10.4. The van der Waals surface area contributed by atoms with Crippen LogP contribution >= 0.6 is 39.3 Å². The minimum atomic E-state index is 0.695. The van der Waals surface area contributed by atoms with Gasteiger partial charge in [-0.3, -0.25) is 0 Å². The number of hydrogen-bond acceptors (Lipinski definition) is 2. The molecule has 0 aromatic heterocycles. The fraction of sp³-hybridized carbons (Fsp3) is 0.500. The third-order valence-electron chi connectivity index (χ3n) is 2.08. The maximum atomic E-state index is 6.10. The van der Waals surface area contributed by atoms with Crippen molar-refractivity contribution < 1.29 is 4.74 Å². The lowest BCUT2D eigenvalue weighted by Gasteiger charge is -2.11. The molecule has 1 nitrogen and oxygen atoms in total. The maximum absolute atomic E-state index is 6.10. The van der Waals surface area contributed by atoms with Gasteiger partial charge in [-0.15, -0.1) is 0 Å². The SMILES string of the molecule is CCSCCCOc1c(Cl)cccc1CBr. The highest BCUT2D eigenvalue weighted by Gasteiger charge is 2.06. The van der Waals surface area contributed by atoms with E-state index < -0.39 is 0 Å². The molecular formula is C12H16BrClOS. The van der Waals surface area contributed by atoms with E-state index in [2.05, 4.69) is 22.9 Å². The molecule has 0 saturated carbocycles. The Balaban J connectivity index is 2.46. The summed E-state index contributed by atoms with van der Waals surface area (Å²) < 4.78 is 5.73. The van der Waals surface area contributed by atoms with Crippen molar-refractivity contribution in [1.82, 2.24) is 0 Å². The zero-order valence-electron chi connectivity index (χ0n) is 9.34. The molecule has 0 heterocycles. The molecule has 1 rings (SSSR count). The predicted molar refractivity (Wildman–Crippen MR) is 77.2 cm³/mol. The van der Waals surface area contributed by atoms with Crippen molar-refractivity contribution in [3.8, 4) is 5.75 Å². The van der Waals surface area contributed by atoms with Crippen molar-refractivity contribution in [1.29, 1.82) is 0 Å². The largest absolute Gasteiger partial charge is 0.492 e. The van der Waals surface area contributed by atoms with Gasteiger partial charge < -0.3 is 4.74 Å². The molecule has 0 unspecified atom stereocenters. The van der Waals surface area contributed by atoms with Crippen molar-refractivity contribution >= 4 is 39.3 Å². The molecule has 16 heavy (non-hydrogen) atoms. The smallest absolute Gasteiger partial charge is 0.141 e. The van der Waals surface area contributed by atoms with Gasteiger partial charge in [-0.1, -0.05) is 46.6 Å². The van der Waals surface area contributed by atoms with Crippen molar-refractivity contribution in [2.24, 2.45) is 0 Å². The first-order valence-corrected chi connectivity index (χ1v) is 7.99. The molecule has 0 spiro atoms. The number of alkyl halides is 1. The number of halogens is 2. The summed E-state index contributed by atoms with van der Waals surface area (Å²) in [7, 11) is 0. The highest BCUT2D eigenvalue weighted by Crippen LogP contribution is 2.30. The summed E-state index contributed by atoms with van der Waals surface area (Å²) in [6, 6.07) is 5.83. The average molecular weight is 324 g/mol. The van der Waals surface area contributed by atoms with Crippen LogP contribution < -0.4 is 4.74 Å². The zero-order valence-corrected chi connectivity index (χ0v) is 12.5. The summed E-state index contributed by atoms with van der Waals surface area (Å²) in [4.78, 5) is 0. The number of ether oxygens (including phenoxy) is 1. The summed E-state index contributed by atoms with van der Waals surface area (Å²) in [6.45, 7) is 2.90. The van der Waals surface area contributed by atoms with Gasteiger partial charge >= 0.3 is 0 Å². The van der Waals surface area contributed by atoms with Crippen LogP contribution in [0.1, 0.15) is 18.9 Å². The van der Waals surface area contributed by atoms with Crippen LogP contribution in [0.15, 0.2) is 18.2 Å². The topological polar surface area (TPSA) is 9.23 Å². The summed E-state index contributed by atoms with van der Waals surface area (Å²) in [5, 5.41) is 1.46. The van der Waals surface area contributed by atoms with Gasteiger partial charge in [-0.25, -0.2) is 0 Å². The molecule has 90 valence electrons. The van der Waals surface area contributed by atoms with Gasteiger partial charge in [-0.05, 0) is 24.0 Å². The quantitative estimate of drug-likeness (QED) is 0.528. The number of rotatable bonds is 7. The van der Waals surface area contributed by atoms with Crippen LogP contribution in [0.3, 0.4) is 0 Å². The summed E-state index contributed by atoms with van der Waals surface area (Å²) in [5.74, 6) is 3.13. The minimum Gasteiger partial charge on any atom is -0.492 e. The standard InChI is InChI=1S/C12H16BrClOS/c1-2-16-8-4-7-15-12-10(9-13)5-3-6-11(12)14/h3,5-6H,2,4,7-9H2,1H3. The second-order valence-electron chi connectivity index (χ2n) is 3.26. The fourth-order valence-electron chi connectivity index (χ4n) is 1.30. The Morgan fingerprint density at radius 1 is 1.44 bits per heavy atom. The molecule has 4 heteroatoms. The van der Waals surface area contributed by atoms with E-state index in [-0.39, 0.29) is 0 Å². The highest BCUT2D eigenvalue weighted by molar-refractivity contribution is 9.08. The number of hydrogen-bond donors (Lipinski definition) is 0. The Kier molecular flexibility index (Phi) is 7.33. The van der Waals surface area contributed by atoms with Crippen LogP contribution in [0.25, 0.3) is 0 Å². The Bertz CT molecular complexity index is 320. The molecule has 0 fully saturated rings. The Labute approximate surface area is 115 Å². The number of para-hydroxylation sites is 1. The molecule has 1 aromatic carbocycles. The first-order valence-electron chi connectivity index (χ1n) is 5.33. The van der Waals surface area contributed by atoms with Gasteiger partial charge in [0.15, 0.2) is 0 Å². The van der Waals surface area contributed by atoms with Crippen molar-refractivity contribution in [3.63, 3.8) is 0 Å². The third-order valence-corrected chi connectivity index (χ3v) is 3.96. The Hall–Kier alpha value is 0.140. The van der Waals surface area contributed by atoms with Gasteiger partial charge in [0.25, 0.3) is 0 Å². The van der Waals surface area contributed by atoms with Crippen molar-refractivity contribution in [2.45, 2.75) is 18.7 Å². The average Bonchev–Trinajstić information content (AvgIpc) is 2.30. The lowest BCUT2D eigenvalue weighted by molar-refractivity contribution is 0.316. The second-order valence-corrected chi connectivity index (χ2v) is 5.62. The molecule has 0 atom stereocenters. The van der Waals surface area contributed by atoms with Gasteiger partial charge in [0.1, 0.15) is 5.75 Å². The number of thioether (sulfide) groups is 1. The molecule has 0 amide bonds. The van der Waals surface area contributed by atoms with Gasteiger partial charge in [0, 0.05) is 10.9 Å². The maximum Gasteiger partial charge on any atom is 0.141 e. The van der Waals surface area contributed by atoms with E-state index in [9.17, 15) is 0 Å². The lowest BCUT2D eigenvalue weighted by atomic mass is 10.2.